The molecule has 0 aliphatic heterocycles. The van der Waals surface area contributed by atoms with Crippen LogP contribution in [0.2, 0.25) is 0 Å². The van der Waals surface area contributed by atoms with Crippen molar-refractivity contribution >= 4 is 5.57 Å². The molecule has 0 fully saturated rings. The third kappa shape index (κ3) is 3.94. The summed E-state index contributed by atoms with van der Waals surface area (Å²) in [4.78, 5) is 0. The summed E-state index contributed by atoms with van der Waals surface area (Å²) in [6.45, 7) is 8.60. The Morgan fingerprint density at radius 1 is 1.06 bits per heavy atom. The molecular formula is C14H13F3. The molecule has 0 aliphatic carbocycles. The summed E-state index contributed by atoms with van der Waals surface area (Å²) in [7, 11) is 0. The van der Waals surface area contributed by atoms with Crippen molar-refractivity contribution in [1.82, 2.24) is 0 Å². The Morgan fingerprint density at radius 2 is 1.59 bits per heavy atom. The number of hydrogen-bond donors (Lipinski definition) is 0. The maximum Gasteiger partial charge on any atom is 0.415 e. The average molecular weight is 238 g/mol. The molecule has 0 saturated carbocycles. The average Bonchev–Trinajstić information content (AvgIpc) is 2.25. The molecule has 0 N–H and O–H groups in total. The summed E-state index contributed by atoms with van der Waals surface area (Å²) < 4.78 is 36.5. The van der Waals surface area contributed by atoms with E-state index in [1.165, 1.54) is 6.08 Å². The molecule has 17 heavy (non-hydrogen) atoms. The fraction of sp³-hybridized carbons (Fsp3) is 0.143. The van der Waals surface area contributed by atoms with Crippen LogP contribution in [0.1, 0.15) is 11.1 Å². The van der Waals surface area contributed by atoms with Crippen molar-refractivity contribution in [3.8, 4) is 0 Å². The van der Waals surface area contributed by atoms with E-state index in [4.69, 9.17) is 0 Å². The van der Waals surface area contributed by atoms with Crippen LogP contribution < -0.4 is 0 Å². The molecule has 0 heterocycles. The van der Waals surface area contributed by atoms with Crippen LogP contribution in [-0.4, -0.2) is 6.18 Å². The minimum Gasteiger partial charge on any atom is -0.166 e. The summed E-state index contributed by atoms with van der Waals surface area (Å²) in [6.07, 6.45) is -2.13. The molecule has 0 aromatic heterocycles. The minimum absolute atomic E-state index is 0.524. The Balaban J connectivity index is 2.77. The number of halogens is 3. The standard InChI is InChI=1S/C14H13F3/c1-10-4-8-13(9-5-10)11(2)6-7-12(3)14(15,16)17/h4-9H,2-3H2,1H3/b7-6-. The number of allylic oxidation sites excluding steroid dienone is 4. The summed E-state index contributed by atoms with van der Waals surface area (Å²) in [5.74, 6) is 0. The van der Waals surface area contributed by atoms with Crippen LogP contribution in [0.4, 0.5) is 13.2 Å². The largest absolute Gasteiger partial charge is 0.415 e. The van der Waals surface area contributed by atoms with Crippen LogP contribution in [0.15, 0.2) is 55.1 Å². The van der Waals surface area contributed by atoms with E-state index in [-0.39, 0.29) is 0 Å². The topological polar surface area (TPSA) is 0 Å². The molecule has 1 rings (SSSR count). The summed E-state index contributed by atoms with van der Waals surface area (Å²) in [5, 5.41) is 0. The zero-order valence-electron chi connectivity index (χ0n) is 9.51. The van der Waals surface area contributed by atoms with E-state index in [2.05, 4.69) is 13.2 Å². The molecule has 0 unspecified atom stereocenters. The first-order valence-electron chi connectivity index (χ1n) is 5.01. The van der Waals surface area contributed by atoms with Gasteiger partial charge in [-0.3, -0.25) is 0 Å². The van der Waals surface area contributed by atoms with Crippen LogP contribution in [0.3, 0.4) is 0 Å². The maximum atomic E-state index is 12.2. The summed E-state index contributed by atoms with van der Waals surface area (Å²) in [6, 6.07) is 7.40. The van der Waals surface area contributed by atoms with Crippen LogP contribution in [0.5, 0.6) is 0 Å². The van der Waals surface area contributed by atoms with Gasteiger partial charge >= 0.3 is 6.18 Å². The van der Waals surface area contributed by atoms with Gasteiger partial charge in [-0.25, -0.2) is 0 Å². The lowest BCUT2D eigenvalue weighted by Gasteiger charge is -2.05. The lowest BCUT2D eigenvalue weighted by Crippen LogP contribution is -2.08. The van der Waals surface area contributed by atoms with E-state index < -0.39 is 11.7 Å². The minimum atomic E-state index is -4.38. The smallest absolute Gasteiger partial charge is 0.166 e. The highest BCUT2D eigenvalue weighted by Crippen LogP contribution is 2.26. The van der Waals surface area contributed by atoms with Gasteiger partial charge in [0.1, 0.15) is 0 Å². The van der Waals surface area contributed by atoms with Crippen molar-refractivity contribution in [2.24, 2.45) is 0 Å². The molecule has 90 valence electrons. The van der Waals surface area contributed by atoms with E-state index in [1.54, 1.807) is 0 Å². The maximum absolute atomic E-state index is 12.2. The first-order chi connectivity index (χ1) is 7.80. The third-order valence-electron chi connectivity index (χ3n) is 2.27. The predicted octanol–water partition coefficient (Wildman–Crippen LogP) is 4.68. The Bertz CT molecular complexity index is 447. The highest BCUT2D eigenvalue weighted by atomic mass is 19.4. The van der Waals surface area contributed by atoms with Gasteiger partial charge in [0.05, 0.1) is 0 Å². The molecule has 0 nitrogen and oxygen atoms in total. The van der Waals surface area contributed by atoms with Crippen LogP contribution >= 0.6 is 0 Å². The first kappa shape index (κ1) is 13.3. The second kappa shape index (κ2) is 5.04. The van der Waals surface area contributed by atoms with Gasteiger partial charge in [-0.15, -0.1) is 0 Å². The number of hydrogen-bond acceptors (Lipinski definition) is 0. The lowest BCUT2D eigenvalue weighted by atomic mass is 10.0. The SMILES string of the molecule is C=C(/C=C\C(=C)C(F)(F)F)c1ccc(C)cc1. The number of rotatable bonds is 3. The van der Waals surface area contributed by atoms with Crippen LogP contribution in [0, 0.1) is 6.92 Å². The second-order valence-electron chi connectivity index (χ2n) is 3.75. The second-order valence-corrected chi connectivity index (χ2v) is 3.75. The van der Waals surface area contributed by atoms with E-state index in [0.29, 0.717) is 5.57 Å². The van der Waals surface area contributed by atoms with E-state index in [1.807, 2.05) is 31.2 Å². The number of benzene rings is 1. The van der Waals surface area contributed by atoms with E-state index >= 15 is 0 Å². The van der Waals surface area contributed by atoms with Crippen molar-refractivity contribution in [1.29, 1.82) is 0 Å². The Kier molecular flexibility index (Phi) is 3.94. The summed E-state index contributed by atoms with van der Waals surface area (Å²) in [5.41, 5.74) is 1.52. The van der Waals surface area contributed by atoms with Crippen molar-refractivity contribution in [3.05, 3.63) is 66.3 Å². The molecule has 3 heteroatoms. The van der Waals surface area contributed by atoms with Crippen LogP contribution in [-0.2, 0) is 0 Å². The molecule has 1 aromatic rings. The molecule has 0 radical (unpaired) electrons. The van der Waals surface area contributed by atoms with Gasteiger partial charge in [0.25, 0.3) is 0 Å². The Hall–Kier alpha value is -1.77. The van der Waals surface area contributed by atoms with E-state index in [9.17, 15) is 13.2 Å². The normalized spacial score (nSPS) is 11.8. The van der Waals surface area contributed by atoms with Gasteiger partial charge in [-0.05, 0) is 18.1 Å². The highest BCUT2D eigenvalue weighted by Gasteiger charge is 2.29. The molecule has 0 spiro atoms. The molecule has 0 amide bonds. The van der Waals surface area contributed by atoms with Gasteiger partial charge in [0.15, 0.2) is 0 Å². The van der Waals surface area contributed by atoms with Crippen LogP contribution in [0.25, 0.3) is 5.57 Å². The number of aryl methyl sites for hydroxylation is 1. The summed E-state index contributed by atoms with van der Waals surface area (Å²) >= 11 is 0. The van der Waals surface area contributed by atoms with Gasteiger partial charge in [-0.1, -0.05) is 55.1 Å². The third-order valence-corrected chi connectivity index (χ3v) is 2.27. The van der Waals surface area contributed by atoms with E-state index in [0.717, 1.165) is 17.2 Å². The monoisotopic (exact) mass is 238 g/mol. The molecule has 0 saturated heterocycles. The molecular weight excluding hydrogens is 225 g/mol. The molecule has 0 bridgehead atoms. The van der Waals surface area contributed by atoms with Gasteiger partial charge in [0.2, 0.25) is 0 Å². The van der Waals surface area contributed by atoms with Gasteiger partial charge in [0, 0.05) is 5.57 Å². The Labute approximate surface area is 98.8 Å². The molecule has 0 aliphatic rings. The number of alkyl halides is 3. The molecule has 1 aromatic carbocycles. The van der Waals surface area contributed by atoms with Gasteiger partial charge in [-0.2, -0.15) is 13.2 Å². The predicted molar refractivity (Wildman–Crippen MR) is 64.5 cm³/mol. The zero-order chi connectivity index (χ0) is 13.1. The molecule has 0 atom stereocenters. The fourth-order valence-electron chi connectivity index (χ4n) is 1.16. The van der Waals surface area contributed by atoms with Gasteiger partial charge < -0.3 is 0 Å². The Morgan fingerprint density at radius 3 is 2.06 bits per heavy atom. The van der Waals surface area contributed by atoms with Crippen molar-refractivity contribution in [2.75, 3.05) is 0 Å². The van der Waals surface area contributed by atoms with Crippen molar-refractivity contribution in [3.63, 3.8) is 0 Å². The quantitative estimate of drug-likeness (QED) is 0.670. The van der Waals surface area contributed by atoms with Crippen molar-refractivity contribution < 1.29 is 13.2 Å². The zero-order valence-corrected chi connectivity index (χ0v) is 9.51. The lowest BCUT2D eigenvalue weighted by molar-refractivity contribution is -0.0878. The van der Waals surface area contributed by atoms with Crippen molar-refractivity contribution in [2.45, 2.75) is 13.1 Å². The fourth-order valence-corrected chi connectivity index (χ4v) is 1.16. The highest BCUT2D eigenvalue weighted by molar-refractivity contribution is 5.72. The first-order valence-corrected chi connectivity index (χ1v) is 5.01.